The first-order valence-corrected chi connectivity index (χ1v) is 10.8. The van der Waals surface area contributed by atoms with Crippen LogP contribution in [0.15, 0.2) is 71.6 Å². The molecule has 0 radical (unpaired) electrons. The number of hydrogen-bond acceptors (Lipinski definition) is 5. The topological polar surface area (TPSA) is 83.8 Å². The second kappa shape index (κ2) is 7.90. The van der Waals surface area contributed by atoms with Crippen molar-refractivity contribution in [1.82, 2.24) is 9.21 Å². The largest absolute Gasteiger partial charge is 0.296 e. The van der Waals surface area contributed by atoms with Crippen LogP contribution in [0.2, 0.25) is 0 Å². The summed E-state index contributed by atoms with van der Waals surface area (Å²) in [4.78, 5) is 13.0. The minimum absolute atomic E-state index is 0.0695. The van der Waals surface area contributed by atoms with Crippen molar-refractivity contribution in [3.8, 4) is 0 Å². The molecule has 4 rings (SSSR count). The lowest BCUT2D eigenvalue weighted by molar-refractivity contribution is -0.384. The molecule has 0 N–H and O–H groups in total. The van der Waals surface area contributed by atoms with Crippen molar-refractivity contribution in [3.63, 3.8) is 0 Å². The number of benzene rings is 3. The van der Waals surface area contributed by atoms with Crippen LogP contribution in [0.1, 0.15) is 5.56 Å². The van der Waals surface area contributed by atoms with Crippen molar-refractivity contribution in [1.29, 1.82) is 0 Å². The van der Waals surface area contributed by atoms with Crippen molar-refractivity contribution in [2.45, 2.75) is 11.4 Å². The number of fused-ring (bicyclic) bond motifs is 1. The molecule has 0 atom stereocenters. The molecule has 29 heavy (non-hydrogen) atoms. The molecule has 1 heterocycles. The Balaban J connectivity index is 1.44. The van der Waals surface area contributed by atoms with Crippen molar-refractivity contribution < 1.29 is 13.3 Å². The first kappa shape index (κ1) is 19.5. The summed E-state index contributed by atoms with van der Waals surface area (Å²) in [7, 11) is -3.55. The first-order chi connectivity index (χ1) is 13.9. The maximum Gasteiger partial charge on any atom is 0.269 e. The Morgan fingerprint density at radius 1 is 0.862 bits per heavy atom. The molecule has 3 aromatic carbocycles. The van der Waals surface area contributed by atoms with Gasteiger partial charge in [-0.15, -0.1) is 0 Å². The average Bonchev–Trinajstić information content (AvgIpc) is 2.74. The van der Waals surface area contributed by atoms with E-state index in [1.807, 2.05) is 36.4 Å². The molecular weight excluding hydrogens is 390 g/mol. The van der Waals surface area contributed by atoms with E-state index in [-0.39, 0.29) is 5.69 Å². The van der Waals surface area contributed by atoms with Crippen LogP contribution in [0.3, 0.4) is 0 Å². The molecule has 0 unspecified atom stereocenters. The molecule has 8 heteroatoms. The zero-order valence-electron chi connectivity index (χ0n) is 15.8. The fourth-order valence-electron chi connectivity index (χ4n) is 3.63. The predicted molar refractivity (Wildman–Crippen MR) is 111 cm³/mol. The smallest absolute Gasteiger partial charge is 0.269 e. The number of nitro benzene ring substituents is 1. The van der Waals surface area contributed by atoms with E-state index in [9.17, 15) is 18.5 Å². The van der Waals surface area contributed by atoms with Crippen molar-refractivity contribution in [2.75, 3.05) is 26.2 Å². The Bertz CT molecular complexity index is 1160. The number of hydrogen-bond donors (Lipinski definition) is 0. The Kier molecular flexibility index (Phi) is 5.31. The lowest BCUT2D eigenvalue weighted by Gasteiger charge is -2.34. The van der Waals surface area contributed by atoms with E-state index < -0.39 is 14.9 Å². The SMILES string of the molecule is O=[N+]([O-])c1cccc(CN2CCN(S(=O)(=O)c3ccc4ccccc4c3)CC2)c1. The van der Waals surface area contributed by atoms with Gasteiger partial charge in [-0.1, -0.05) is 42.5 Å². The van der Waals surface area contributed by atoms with Crippen LogP contribution >= 0.6 is 0 Å². The van der Waals surface area contributed by atoms with Crippen molar-refractivity contribution in [3.05, 3.63) is 82.4 Å². The summed E-state index contributed by atoms with van der Waals surface area (Å²) in [5, 5.41) is 12.8. The average molecular weight is 411 g/mol. The molecule has 3 aromatic rings. The van der Waals surface area contributed by atoms with Gasteiger partial charge in [0.2, 0.25) is 10.0 Å². The highest BCUT2D eigenvalue weighted by atomic mass is 32.2. The Morgan fingerprint density at radius 2 is 1.59 bits per heavy atom. The van der Waals surface area contributed by atoms with E-state index in [1.54, 1.807) is 24.3 Å². The lowest BCUT2D eigenvalue weighted by atomic mass is 10.1. The fraction of sp³-hybridized carbons (Fsp3) is 0.238. The molecule has 1 fully saturated rings. The summed E-state index contributed by atoms with van der Waals surface area (Å²) in [5.74, 6) is 0. The summed E-state index contributed by atoms with van der Waals surface area (Å²) in [6.45, 7) is 2.50. The number of sulfonamides is 1. The van der Waals surface area contributed by atoms with Gasteiger partial charge in [0.05, 0.1) is 9.82 Å². The van der Waals surface area contributed by atoms with E-state index in [1.165, 1.54) is 10.4 Å². The number of nitro groups is 1. The van der Waals surface area contributed by atoms with Crippen LogP contribution in [0.5, 0.6) is 0 Å². The maximum atomic E-state index is 13.0. The summed E-state index contributed by atoms with van der Waals surface area (Å²) in [6, 6.07) is 19.5. The minimum atomic E-state index is -3.55. The normalized spacial score (nSPS) is 16.1. The van der Waals surface area contributed by atoms with Crippen LogP contribution in [0, 0.1) is 10.1 Å². The maximum absolute atomic E-state index is 13.0. The van der Waals surface area contributed by atoms with Crippen molar-refractivity contribution >= 4 is 26.5 Å². The second-order valence-electron chi connectivity index (χ2n) is 7.12. The monoisotopic (exact) mass is 411 g/mol. The van der Waals surface area contributed by atoms with Crippen LogP contribution in [-0.4, -0.2) is 48.7 Å². The molecule has 0 spiro atoms. The van der Waals surface area contributed by atoms with E-state index in [0.29, 0.717) is 37.6 Å². The Hall–Kier alpha value is -2.81. The van der Waals surface area contributed by atoms with Crippen LogP contribution in [0.25, 0.3) is 10.8 Å². The molecule has 1 saturated heterocycles. The molecule has 1 aliphatic heterocycles. The predicted octanol–water partition coefficient (Wildman–Crippen LogP) is 3.25. The molecule has 0 amide bonds. The quantitative estimate of drug-likeness (QED) is 0.475. The molecule has 0 aliphatic carbocycles. The molecule has 150 valence electrons. The van der Waals surface area contributed by atoms with Gasteiger partial charge in [0.15, 0.2) is 0 Å². The van der Waals surface area contributed by atoms with Gasteiger partial charge in [0.25, 0.3) is 5.69 Å². The van der Waals surface area contributed by atoms with Gasteiger partial charge >= 0.3 is 0 Å². The second-order valence-corrected chi connectivity index (χ2v) is 9.05. The number of non-ortho nitro benzene ring substituents is 1. The zero-order chi connectivity index (χ0) is 20.4. The van der Waals surface area contributed by atoms with Gasteiger partial charge in [-0.2, -0.15) is 4.31 Å². The highest BCUT2D eigenvalue weighted by Crippen LogP contribution is 2.23. The fourth-order valence-corrected chi connectivity index (χ4v) is 5.09. The minimum Gasteiger partial charge on any atom is -0.296 e. The summed E-state index contributed by atoms with van der Waals surface area (Å²) in [5.41, 5.74) is 0.921. The molecule has 1 aliphatic rings. The van der Waals surface area contributed by atoms with Gasteiger partial charge in [-0.3, -0.25) is 15.0 Å². The van der Waals surface area contributed by atoms with Crippen molar-refractivity contribution in [2.24, 2.45) is 0 Å². The summed E-state index contributed by atoms with van der Waals surface area (Å²) in [6.07, 6.45) is 0. The van der Waals surface area contributed by atoms with Gasteiger partial charge in [0, 0.05) is 44.9 Å². The van der Waals surface area contributed by atoms with Gasteiger partial charge < -0.3 is 0 Å². The standard InChI is InChI=1S/C21H21N3O4S/c25-24(26)20-7-3-4-17(14-20)16-22-10-12-23(13-11-22)29(27,28)21-9-8-18-5-1-2-6-19(18)15-21/h1-9,14-15H,10-13,16H2. The molecular formula is C21H21N3O4S. The Labute approximate surface area is 169 Å². The number of nitrogens with zero attached hydrogens (tertiary/aromatic N) is 3. The Morgan fingerprint density at radius 3 is 2.31 bits per heavy atom. The third kappa shape index (κ3) is 4.14. The molecule has 7 nitrogen and oxygen atoms in total. The van der Waals surface area contributed by atoms with Gasteiger partial charge in [0.1, 0.15) is 0 Å². The van der Waals surface area contributed by atoms with Crippen LogP contribution < -0.4 is 0 Å². The van der Waals surface area contributed by atoms with E-state index in [4.69, 9.17) is 0 Å². The number of piperazine rings is 1. The lowest BCUT2D eigenvalue weighted by Crippen LogP contribution is -2.48. The highest BCUT2D eigenvalue weighted by Gasteiger charge is 2.28. The highest BCUT2D eigenvalue weighted by molar-refractivity contribution is 7.89. The molecule has 0 aromatic heterocycles. The summed E-state index contributed by atoms with van der Waals surface area (Å²) >= 11 is 0. The van der Waals surface area contributed by atoms with Crippen LogP contribution in [-0.2, 0) is 16.6 Å². The summed E-state index contributed by atoms with van der Waals surface area (Å²) < 4.78 is 27.6. The number of rotatable bonds is 5. The third-order valence-corrected chi connectivity index (χ3v) is 7.11. The molecule has 0 bridgehead atoms. The van der Waals surface area contributed by atoms with Crippen LogP contribution in [0.4, 0.5) is 5.69 Å². The molecule has 0 saturated carbocycles. The van der Waals surface area contributed by atoms with Gasteiger partial charge in [-0.25, -0.2) is 8.42 Å². The van der Waals surface area contributed by atoms with E-state index >= 15 is 0 Å². The van der Waals surface area contributed by atoms with Gasteiger partial charge in [-0.05, 0) is 28.5 Å². The third-order valence-electron chi connectivity index (χ3n) is 5.22. The van der Waals surface area contributed by atoms with E-state index in [2.05, 4.69) is 4.90 Å². The first-order valence-electron chi connectivity index (χ1n) is 9.38. The van der Waals surface area contributed by atoms with E-state index in [0.717, 1.165) is 16.3 Å². The zero-order valence-corrected chi connectivity index (χ0v) is 16.6.